The summed E-state index contributed by atoms with van der Waals surface area (Å²) in [4.78, 5) is 12.8. The van der Waals surface area contributed by atoms with Crippen molar-refractivity contribution in [1.29, 1.82) is 0 Å². The Bertz CT molecular complexity index is 751. The van der Waals surface area contributed by atoms with Gasteiger partial charge in [-0.3, -0.25) is 4.79 Å². The molecule has 1 aliphatic heterocycles. The zero-order chi connectivity index (χ0) is 19.7. The Morgan fingerprint density at radius 2 is 1.83 bits per heavy atom. The lowest BCUT2D eigenvalue weighted by Crippen LogP contribution is -2.51. The number of amides is 1. The van der Waals surface area contributed by atoms with E-state index in [2.05, 4.69) is 10.6 Å². The normalized spacial score (nSPS) is 15.2. The van der Waals surface area contributed by atoms with Gasteiger partial charge in [-0.1, -0.05) is 30.3 Å². The summed E-state index contributed by atoms with van der Waals surface area (Å²) in [7, 11) is 1.60. The number of carbonyl (C=O) groups excluding carboxylic acids is 1. The molecular weight excluding hydrogens is 392 g/mol. The molecule has 29 heavy (non-hydrogen) atoms. The van der Waals surface area contributed by atoms with E-state index in [1.165, 1.54) is 0 Å². The Balaban J connectivity index is 0.00000300. The SMILES string of the molecule is COC1(C(=O)Nc2cccc(COCCOc3ccccc3)c2)CCNCC1.Cl. The molecule has 0 aromatic heterocycles. The third-order valence-electron chi connectivity index (χ3n) is 4.91. The van der Waals surface area contributed by atoms with E-state index in [1.807, 2.05) is 54.6 Å². The molecule has 0 atom stereocenters. The van der Waals surface area contributed by atoms with E-state index in [4.69, 9.17) is 14.2 Å². The summed E-state index contributed by atoms with van der Waals surface area (Å²) in [6.07, 6.45) is 1.33. The fourth-order valence-corrected chi connectivity index (χ4v) is 3.26. The number of rotatable bonds is 9. The van der Waals surface area contributed by atoms with Crippen LogP contribution in [-0.2, 0) is 20.9 Å². The fraction of sp³-hybridized carbons (Fsp3) is 0.409. The molecule has 0 radical (unpaired) electrons. The molecule has 1 heterocycles. The topological polar surface area (TPSA) is 68.8 Å². The van der Waals surface area contributed by atoms with E-state index in [-0.39, 0.29) is 18.3 Å². The number of piperidine rings is 1. The molecule has 7 heteroatoms. The molecule has 2 N–H and O–H groups in total. The van der Waals surface area contributed by atoms with Gasteiger partial charge >= 0.3 is 0 Å². The maximum absolute atomic E-state index is 12.8. The number of ether oxygens (including phenoxy) is 3. The molecular formula is C22H29ClN2O4. The molecule has 1 amide bonds. The molecule has 158 valence electrons. The van der Waals surface area contributed by atoms with Crippen molar-refractivity contribution in [3.8, 4) is 5.75 Å². The molecule has 0 bridgehead atoms. The van der Waals surface area contributed by atoms with Crippen LogP contribution in [0.2, 0.25) is 0 Å². The first-order valence-electron chi connectivity index (χ1n) is 9.64. The van der Waals surface area contributed by atoms with E-state index < -0.39 is 5.60 Å². The van der Waals surface area contributed by atoms with Crippen molar-refractivity contribution in [1.82, 2.24) is 5.32 Å². The van der Waals surface area contributed by atoms with Crippen LogP contribution >= 0.6 is 12.4 Å². The van der Waals surface area contributed by atoms with Crippen LogP contribution in [0, 0.1) is 0 Å². The highest BCUT2D eigenvalue weighted by atomic mass is 35.5. The maximum Gasteiger partial charge on any atom is 0.256 e. The summed E-state index contributed by atoms with van der Waals surface area (Å²) < 4.78 is 16.9. The monoisotopic (exact) mass is 420 g/mol. The summed E-state index contributed by atoms with van der Waals surface area (Å²) in [5.41, 5.74) is 0.989. The van der Waals surface area contributed by atoms with Gasteiger partial charge < -0.3 is 24.8 Å². The molecule has 1 aliphatic rings. The third-order valence-corrected chi connectivity index (χ3v) is 4.91. The lowest BCUT2D eigenvalue weighted by atomic mass is 9.91. The Kier molecular flexibility index (Phi) is 9.41. The minimum atomic E-state index is -0.757. The van der Waals surface area contributed by atoms with Crippen molar-refractivity contribution < 1.29 is 19.0 Å². The number of anilines is 1. The van der Waals surface area contributed by atoms with Gasteiger partial charge in [0.15, 0.2) is 0 Å². The van der Waals surface area contributed by atoms with Crippen LogP contribution in [0.25, 0.3) is 0 Å². The average Bonchev–Trinajstić information content (AvgIpc) is 2.75. The highest BCUT2D eigenvalue weighted by Gasteiger charge is 2.39. The molecule has 0 saturated carbocycles. The standard InChI is InChI=1S/C22H28N2O4.ClH/c1-26-22(10-12-23-13-11-22)21(25)24-19-7-5-6-18(16-19)17-27-14-15-28-20-8-3-2-4-9-20;/h2-9,16,23H,10-15,17H2,1H3,(H,24,25);1H. The quantitative estimate of drug-likeness (QED) is 0.608. The van der Waals surface area contributed by atoms with Crippen LogP contribution < -0.4 is 15.4 Å². The maximum atomic E-state index is 12.8. The molecule has 1 saturated heterocycles. The Labute approximate surface area is 178 Å². The van der Waals surface area contributed by atoms with Crippen LogP contribution in [0.4, 0.5) is 5.69 Å². The van der Waals surface area contributed by atoms with Gasteiger partial charge in [0, 0.05) is 12.8 Å². The van der Waals surface area contributed by atoms with Crippen molar-refractivity contribution >= 4 is 24.0 Å². The molecule has 6 nitrogen and oxygen atoms in total. The van der Waals surface area contributed by atoms with E-state index >= 15 is 0 Å². The summed E-state index contributed by atoms with van der Waals surface area (Å²) in [5.74, 6) is 0.742. The van der Waals surface area contributed by atoms with Crippen molar-refractivity contribution in [2.24, 2.45) is 0 Å². The zero-order valence-electron chi connectivity index (χ0n) is 16.7. The second-order valence-corrected chi connectivity index (χ2v) is 6.82. The van der Waals surface area contributed by atoms with Gasteiger partial charge in [0.1, 0.15) is 18.0 Å². The predicted octanol–water partition coefficient (Wildman–Crippen LogP) is 3.41. The largest absolute Gasteiger partial charge is 0.491 e. The number of methoxy groups -OCH3 is 1. The van der Waals surface area contributed by atoms with E-state index in [1.54, 1.807) is 7.11 Å². The smallest absolute Gasteiger partial charge is 0.256 e. The summed E-state index contributed by atoms with van der Waals surface area (Å²) >= 11 is 0. The predicted molar refractivity (Wildman–Crippen MR) is 116 cm³/mol. The second kappa shape index (κ2) is 11.8. The number of halogens is 1. The Morgan fingerprint density at radius 3 is 2.55 bits per heavy atom. The minimum absolute atomic E-state index is 0. The highest BCUT2D eigenvalue weighted by molar-refractivity contribution is 5.97. The van der Waals surface area contributed by atoms with Gasteiger partial charge in [-0.2, -0.15) is 0 Å². The molecule has 0 unspecified atom stereocenters. The lowest BCUT2D eigenvalue weighted by molar-refractivity contribution is -0.140. The van der Waals surface area contributed by atoms with Gasteiger partial charge in [0.25, 0.3) is 5.91 Å². The van der Waals surface area contributed by atoms with Gasteiger partial charge in [0.05, 0.1) is 13.2 Å². The number of hydrogen-bond acceptors (Lipinski definition) is 5. The summed E-state index contributed by atoms with van der Waals surface area (Å²) in [5, 5.41) is 6.25. The summed E-state index contributed by atoms with van der Waals surface area (Å²) in [6, 6.07) is 17.4. The number of benzene rings is 2. The fourth-order valence-electron chi connectivity index (χ4n) is 3.26. The molecule has 2 aromatic carbocycles. The van der Waals surface area contributed by atoms with Crippen molar-refractivity contribution in [3.05, 3.63) is 60.2 Å². The van der Waals surface area contributed by atoms with E-state index in [9.17, 15) is 4.79 Å². The number of para-hydroxylation sites is 1. The number of hydrogen-bond donors (Lipinski definition) is 2. The zero-order valence-corrected chi connectivity index (χ0v) is 17.5. The average molecular weight is 421 g/mol. The molecule has 0 aliphatic carbocycles. The van der Waals surface area contributed by atoms with Crippen molar-refractivity contribution in [2.75, 3.05) is 38.7 Å². The third kappa shape index (κ3) is 6.72. The van der Waals surface area contributed by atoms with Gasteiger partial charge in [-0.25, -0.2) is 0 Å². The number of nitrogens with one attached hydrogen (secondary N) is 2. The van der Waals surface area contributed by atoms with Gasteiger partial charge in [0.2, 0.25) is 0 Å². The van der Waals surface area contributed by atoms with Crippen LogP contribution in [0.5, 0.6) is 5.75 Å². The van der Waals surface area contributed by atoms with Crippen LogP contribution in [0.15, 0.2) is 54.6 Å². The molecule has 2 aromatic rings. The Hall–Kier alpha value is -2.12. The van der Waals surface area contributed by atoms with E-state index in [0.29, 0.717) is 32.7 Å². The lowest BCUT2D eigenvalue weighted by Gasteiger charge is -2.34. The van der Waals surface area contributed by atoms with Gasteiger partial charge in [-0.15, -0.1) is 12.4 Å². The van der Waals surface area contributed by atoms with Crippen molar-refractivity contribution in [3.63, 3.8) is 0 Å². The summed E-state index contributed by atoms with van der Waals surface area (Å²) in [6.45, 7) is 3.00. The second-order valence-electron chi connectivity index (χ2n) is 6.82. The molecule has 0 spiro atoms. The van der Waals surface area contributed by atoms with Gasteiger partial charge in [-0.05, 0) is 55.8 Å². The molecule has 3 rings (SSSR count). The first-order chi connectivity index (χ1) is 13.7. The van der Waals surface area contributed by atoms with E-state index in [0.717, 1.165) is 30.1 Å². The Morgan fingerprint density at radius 1 is 1.07 bits per heavy atom. The minimum Gasteiger partial charge on any atom is -0.491 e. The van der Waals surface area contributed by atoms with Crippen molar-refractivity contribution in [2.45, 2.75) is 25.0 Å². The van der Waals surface area contributed by atoms with Crippen LogP contribution in [-0.4, -0.2) is 44.9 Å². The van der Waals surface area contributed by atoms with Crippen LogP contribution in [0.1, 0.15) is 18.4 Å². The van der Waals surface area contributed by atoms with Crippen LogP contribution in [0.3, 0.4) is 0 Å². The first-order valence-corrected chi connectivity index (χ1v) is 9.64. The highest BCUT2D eigenvalue weighted by Crippen LogP contribution is 2.25. The molecule has 1 fully saturated rings. The number of carbonyl (C=O) groups is 1. The first kappa shape index (κ1) is 23.2.